The first-order valence-electron chi connectivity index (χ1n) is 6.16. The highest BCUT2D eigenvalue weighted by Crippen LogP contribution is 2.39. The lowest BCUT2D eigenvalue weighted by Crippen LogP contribution is -2.24. The van der Waals surface area contributed by atoms with E-state index >= 15 is 0 Å². The van der Waals surface area contributed by atoms with E-state index in [4.69, 9.17) is 5.73 Å². The zero-order valence-electron chi connectivity index (χ0n) is 9.58. The van der Waals surface area contributed by atoms with E-state index in [1.54, 1.807) is 0 Å². The van der Waals surface area contributed by atoms with Crippen LogP contribution in [-0.2, 0) is 12.8 Å². The van der Waals surface area contributed by atoms with Gasteiger partial charge in [-0.05, 0) is 43.2 Å². The molecule has 2 saturated carbocycles. The van der Waals surface area contributed by atoms with E-state index in [1.165, 1.54) is 11.1 Å². The summed E-state index contributed by atoms with van der Waals surface area (Å²) in [6.07, 6.45) is 6.01. The first kappa shape index (κ1) is 10.3. The second-order valence-electron chi connectivity index (χ2n) is 5.76. The predicted molar refractivity (Wildman–Crippen MR) is 64.2 cm³/mol. The van der Waals surface area contributed by atoms with E-state index in [2.05, 4.69) is 24.3 Å². The van der Waals surface area contributed by atoms with Gasteiger partial charge in [0.05, 0.1) is 5.60 Å². The highest BCUT2D eigenvalue weighted by molar-refractivity contribution is 5.28. The second-order valence-corrected chi connectivity index (χ2v) is 5.76. The van der Waals surface area contributed by atoms with Crippen LogP contribution in [0.4, 0.5) is 0 Å². The van der Waals surface area contributed by atoms with Crippen LogP contribution < -0.4 is 5.73 Å². The van der Waals surface area contributed by atoms with Gasteiger partial charge >= 0.3 is 0 Å². The van der Waals surface area contributed by atoms with Crippen molar-refractivity contribution >= 4 is 0 Å². The van der Waals surface area contributed by atoms with E-state index in [0.717, 1.165) is 38.5 Å². The number of hydrogen-bond acceptors (Lipinski definition) is 2. The van der Waals surface area contributed by atoms with Crippen LogP contribution in [0.5, 0.6) is 0 Å². The van der Waals surface area contributed by atoms with Crippen LogP contribution in [0.15, 0.2) is 24.3 Å². The normalized spacial score (nSPS) is 24.1. The number of hydrogen-bond donors (Lipinski definition) is 2. The summed E-state index contributed by atoms with van der Waals surface area (Å²) in [6.45, 7) is 0. The van der Waals surface area contributed by atoms with Crippen molar-refractivity contribution in [3.05, 3.63) is 35.4 Å². The molecule has 2 fully saturated rings. The summed E-state index contributed by atoms with van der Waals surface area (Å²) >= 11 is 0. The first-order valence-corrected chi connectivity index (χ1v) is 6.16. The molecule has 2 aliphatic carbocycles. The molecule has 0 atom stereocenters. The van der Waals surface area contributed by atoms with Gasteiger partial charge in [0, 0.05) is 12.0 Å². The van der Waals surface area contributed by atoms with E-state index in [-0.39, 0.29) is 5.54 Å². The third kappa shape index (κ3) is 2.28. The third-order valence-corrected chi connectivity index (χ3v) is 3.80. The lowest BCUT2D eigenvalue weighted by molar-refractivity contribution is 0.151. The van der Waals surface area contributed by atoms with Crippen LogP contribution in [0.3, 0.4) is 0 Å². The van der Waals surface area contributed by atoms with Gasteiger partial charge in [-0.15, -0.1) is 0 Å². The summed E-state index contributed by atoms with van der Waals surface area (Å²) in [7, 11) is 0. The van der Waals surface area contributed by atoms with Crippen molar-refractivity contribution in [2.45, 2.75) is 49.7 Å². The van der Waals surface area contributed by atoms with Gasteiger partial charge in [-0.2, -0.15) is 0 Å². The molecule has 0 unspecified atom stereocenters. The summed E-state index contributed by atoms with van der Waals surface area (Å²) in [5.74, 6) is 0. The Morgan fingerprint density at radius 1 is 1.06 bits per heavy atom. The lowest BCUT2D eigenvalue weighted by Gasteiger charge is -2.11. The Labute approximate surface area is 96.5 Å². The molecule has 86 valence electrons. The Balaban J connectivity index is 1.72. The summed E-state index contributed by atoms with van der Waals surface area (Å²) in [6, 6.07) is 8.55. The maximum Gasteiger partial charge on any atom is 0.0690 e. The highest BCUT2D eigenvalue weighted by Gasteiger charge is 2.40. The molecule has 2 aliphatic rings. The molecule has 0 amide bonds. The van der Waals surface area contributed by atoms with Gasteiger partial charge in [0.25, 0.3) is 0 Å². The largest absolute Gasteiger partial charge is 0.390 e. The Kier molecular flexibility index (Phi) is 2.13. The van der Waals surface area contributed by atoms with Crippen LogP contribution in [0.25, 0.3) is 0 Å². The summed E-state index contributed by atoms with van der Waals surface area (Å²) in [5, 5.41) is 9.89. The fourth-order valence-electron chi connectivity index (χ4n) is 2.29. The van der Waals surface area contributed by atoms with Crippen molar-refractivity contribution in [1.82, 2.24) is 0 Å². The Hall–Kier alpha value is -0.860. The molecule has 1 aromatic rings. The summed E-state index contributed by atoms with van der Waals surface area (Å²) < 4.78 is 0. The monoisotopic (exact) mass is 217 g/mol. The zero-order chi connectivity index (χ0) is 11.2. The molecule has 0 aromatic heterocycles. The Bertz CT molecular complexity index is 370. The van der Waals surface area contributed by atoms with Crippen LogP contribution in [0.2, 0.25) is 0 Å². The van der Waals surface area contributed by atoms with Crippen molar-refractivity contribution in [1.29, 1.82) is 0 Å². The molecular formula is C14H19NO. The number of benzene rings is 1. The SMILES string of the molecule is NC1(Cc2cccc(CC3(O)CC3)c2)CC1. The van der Waals surface area contributed by atoms with Crippen molar-refractivity contribution < 1.29 is 5.11 Å². The van der Waals surface area contributed by atoms with Crippen molar-refractivity contribution in [3.63, 3.8) is 0 Å². The molecule has 2 heteroatoms. The quantitative estimate of drug-likeness (QED) is 0.807. The molecule has 0 spiro atoms. The topological polar surface area (TPSA) is 46.2 Å². The molecule has 1 aromatic carbocycles. The number of aliphatic hydroxyl groups is 1. The van der Waals surface area contributed by atoms with E-state index < -0.39 is 5.60 Å². The van der Waals surface area contributed by atoms with Crippen molar-refractivity contribution in [2.24, 2.45) is 5.73 Å². The molecule has 3 rings (SSSR count). The van der Waals surface area contributed by atoms with Gasteiger partial charge in [0.1, 0.15) is 0 Å². The average Bonchev–Trinajstić information content (AvgIpc) is 3.10. The summed E-state index contributed by atoms with van der Waals surface area (Å²) in [5.41, 5.74) is 8.38. The minimum atomic E-state index is -0.390. The van der Waals surface area contributed by atoms with Gasteiger partial charge in [0.2, 0.25) is 0 Å². The Morgan fingerprint density at radius 2 is 1.69 bits per heavy atom. The third-order valence-electron chi connectivity index (χ3n) is 3.80. The molecule has 0 aliphatic heterocycles. The lowest BCUT2D eigenvalue weighted by atomic mass is 9.99. The molecule has 0 radical (unpaired) electrons. The van der Waals surface area contributed by atoms with E-state index in [1.807, 2.05) is 0 Å². The van der Waals surface area contributed by atoms with Gasteiger partial charge in [-0.1, -0.05) is 24.3 Å². The van der Waals surface area contributed by atoms with E-state index in [9.17, 15) is 5.11 Å². The minimum absolute atomic E-state index is 0.0785. The van der Waals surface area contributed by atoms with E-state index in [0.29, 0.717) is 0 Å². The van der Waals surface area contributed by atoms with Crippen molar-refractivity contribution in [3.8, 4) is 0 Å². The fourth-order valence-corrected chi connectivity index (χ4v) is 2.29. The standard InChI is InChI=1S/C14H19NO/c15-13(4-5-13)9-11-2-1-3-12(8-11)10-14(16)6-7-14/h1-3,8,16H,4-7,9-10,15H2. The number of rotatable bonds is 4. The van der Waals surface area contributed by atoms with Crippen LogP contribution >= 0.6 is 0 Å². The second kappa shape index (κ2) is 3.31. The maximum absolute atomic E-state index is 9.89. The van der Waals surface area contributed by atoms with Crippen LogP contribution in [-0.4, -0.2) is 16.2 Å². The summed E-state index contributed by atoms with van der Waals surface area (Å²) in [4.78, 5) is 0. The van der Waals surface area contributed by atoms with Gasteiger partial charge in [0.15, 0.2) is 0 Å². The molecule has 0 heterocycles. The van der Waals surface area contributed by atoms with Crippen LogP contribution in [0.1, 0.15) is 36.8 Å². The maximum atomic E-state index is 9.89. The average molecular weight is 217 g/mol. The molecular weight excluding hydrogens is 198 g/mol. The van der Waals surface area contributed by atoms with Crippen molar-refractivity contribution in [2.75, 3.05) is 0 Å². The molecule has 0 bridgehead atoms. The zero-order valence-corrected chi connectivity index (χ0v) is 9.58. The first-order chi connectivity index (χ1) is 7.57. The van der Waals surface area contributed by atoms with Gasteiger partial charge in [-0.25, -0.2) is 0 Å². The molecule has 2 nitrogen and oxygen atoms in total. The van der Waals surface area contributed by atoms with Gasteiger partial charge in [-0.3, -0.25) is 0 Å². The fraction of sp³-hybridized carbons (Fsp3) is 0.571. The Morgan fingerprint density at radius 3 is 2.25 bits per heavy atom. The molecule has 3 N–H and O–H groups in total. The predicted octanol–water partition coefficient (Wildman–Crippen LogP) is 1.79. The molecule has 0 saturated heterocycles. The molecule has 16 heavy (non-hydrogen) atoms. The van der Waals surface area contributed by atoms with Gasteiger partial charge < -0.3 is 10.8 Å². The number of nitrogens with two attached hydrogens (primary N) is 1. The van der Waals surface area contributed by atoms with Crippen LogP contribution in [0, 0.1) is 0 Å². The minimum Gasteiger partial charge on any atom is -0.390 e. The smallest absolute Gasteiger partial charge is 0.0690 e. The highest BCUT2D eigenvalue weighted by atomic mass is 16.3.